The first-order chi connectivity index (χ1) is 9.24. The summed E-state index contributed by atoms with van der Waals surface area (Å²) in [5, 5.41) is 6.56. The topological polar surface area (TPSA) is 44.4 Å². The molecule has 1 aromatic carbocycles. The maximum Gasteiger partial charge on any atom is 0.217 e. The normalized spacial score (nSPS) is 21.7. The molecule has 2 aliphatic rings. The van der Waals surface area contributed by atoms with E-state index in [4.69, 9.17) is 0 Å². The lowest BCUT2D eigenvalue weighted by atomic mass is 10.0. The molecular weight excluding hydrogens is 238 g/mol. The maximum atomic E-state index is 11.1. The molecule has 0 aliphatic carbocycles. The molecule has 3 rings (SSSR count). The second-order valence-corrected chi connectivity index (χ2v) is 5.47. The molecule has 2 N–H and O–H groups in total. The fourth-order valence-electron chi connectivity index (χ4n) is 3.14. The Morgan fingerprint density at radius 2 is 2.37 bits per heavy atom. The fraction of sp³-hybridized carbons (Fsp3) is 0.533. The highest BCUT2D eigenvalue weighted by molar-refractivity contribution is 5.76. The molecule has 1 aromatic rings. The number of para-hydroxylation sites is 1. The summed E-state index contributed by atoms with van der Waals surface area (Å²) >= 11 is 0. The van der Waals surface area contributed by atoms with Gasteiger partial charge >= 0.3 is 0 Å². The van der Waals surface area contributed by atoms with Crippen LogP contribution in [0.4, 0.5) is 11.4 Å². The van der Waals surface area contributed by atoms with Gasteiger partial charge in [0, 0.05) is 32.6 Å². The average molecular weight is 259 g/mol. The Hall–Kier alpha value is -1.71. The van der Waals surface area contributed by atoms with Gasteiger partial charge in [-0.15, -0.1) is 0 Å². The summed E-state index contributed by atoms with van der Waals surface area (Å²) in [6.45, 7) is 4.59. The van der Waals surface area contributed by atoms with Gasteiger partial charge in [0.2, 0.25) is 5.91 Å². The largest absolute Gasteiger partial charge is 0.383 e. The van der Waals surface area contributed by atoms with Crippen molar-refractivity contribution in [2.24, 2.45) is 0 Å². The number of carbonyl (C=O) groups is 1. The molecule has 1 unspecified atom stereocenters. The van der Waals surface area contributed by atoms with Gasteiger partial charge in [-0.25, -0.2) is 0 Å². The lowest BCUT2D eigenvalue weighted by Crippen LogP contribution is -2.35. The van der Waals surface area contributed by atoms with Gasteiger partial charge in [0.1, 0.15) is 0 Å². The first-order valence-corrected chi connectivity index (χ1v) is 7.12. The number of amides is 1. The molecular formula is C15H21N3O. The van der Waals surface area contributed by atoms with Gasteiger partial charge in [-0.05, 0) is 30.9 Å². The SMILES string of the molecule is CC(=O)NC1CCN(c2cccc3c2NCCC3)C1. The van der Waals surface area contributed by atoms with Crippen molar-refractivity contribution in [3.63, 3.8) is 0 Å². The minimum Gasteiger partial charge on any atom is -0.383 e. The van der Waals surface area contributed by atoms with Crippen LogP contribution in [0.1, 0.15) is 25.3 Å². The van der Waals surface area contributed by atoms with E-state index in [1.807, 2.05) is 0 Å². The minimum absolute atomic E-state index is 0.0695. The van der Waals surface area contributed by atoms with E-state index in [9.17, 15) is 4.79 Å². The predicted molar refractivity (Wildman–Crippen MR) is 77.7 cm³/mol. The zero-order valence-corrected chi connectivity index (χ0v) is 11.4. The highest BCUT2D eigenvalue weighted by Gasteiger charge is 2.25. The van der Waals surface area contributed by atoms with E-state index in [-0.39, 0.29) is 11.9 Å². The fourth-order valence-corrected chi connectivity index (χ4v) is 3.14. The molecule has 1 saturated heterocycles. The van der Waals surface area contributed by atoms with Gasteiger partial charge < -0.3 is 15.5 Å². The van der Waals surface area contributed by atoms with Crippen LogP contribution in [0.3, 0.4) is 0 Å². The van der Waals surface area contributed by atoms with Crippen LogP contribution in [0.2, 0.25) is 0 Å². The monoisotopic (exact) mass is 259 g/mol. The van der Waals surface area contributed by atoms with Crippen molar-refractivity contribution in [3.05, 3.63) is 23.8 Å². The summed E-state index contributed by atoms with van der Waals surface area (Å²) in [4.78, 5) is 13.5. The van der Waals surface area contributed by atoms with Crippen LogP contribution < -0.4 is 15.5 Å². The molecule has 1 amide bonds. The number of hydrogen-bond acceptors (Lipinski definition) is 3. The van der Waals surface area contributed by atoms with Crippen LogP contribution in [0.5, 0.6) is 0 Å². The van der Waals surface area contributed by atoms with E-state index in [0.717, 1.165) is 26.1 Å². The third kappa shape index (κ3) is 2.53. The van der Waals surface area contributed by atoms with Crippen LogP contribution in [-0.4, -0.2) is 31.6 Å². The van der Waals surface area contributed by atoms with Gasteiger partial charge in [0.15, 0.2) is 0 Å². The van der Waals surface area contributed by atoms with E-state index in [1.54, 1.807) is 6.92 Å². The molecule has 1 atom stereocenters. The molecule has 19 heavy (non-hydrogen) atoms. The third-order valence-electron chi connectivity index (χ3n) is 3.99. The number of rotatable bonds is 2. The van der Waals surface area contributed by atoms with Gasteiger partial charge in [-0.1, -0.05) is 12.1 Å². The molecule has 0 bridgehead atoms. The number of nitrogens with one attached hydrogen (secondary N) is 2. The van der Waals surface area contributed by atoms with Crippen LogP contribution in [0.15, 0.2) is 18.2 Å². The van der Waals surface area contributed by atoms with Crippen molar-refractivity contribution in [1.29, 1.82) is 0 Å². The van der Waals surface area contributed by atoms with Gasteiger partial charge in [-0.3, -0.25) is 4.79 Å². The maximum absolute atomic E-state index is 11.1. The van der Waals surface area contributed by atoms with Crippen molar-refractivity contribution in [1.82, 2.24) is 5.32 Å². The standard InChI is InChI=1S/C15H21N3O/c1-11(19)17-13-7-9-18(10-13)14-6-2-4-12-5-3-8-16-15(12)14/h2,4,6,13,16H,3,5,7-10H2,1H3,(H,17,19). The summed E-state index contributed by atoms with van der Waals surface area (Å²) < 4.78 is 0. The summed E-state index contributed by atoms with van der Waals surface area (Å²) in [5.74, 6) is 0.0695. The molecule has 2 heterocycles. The quantitative estimate of drug-likeness (QED) is 0.850. The summed E-state index contributed by atoms with van der Waals surface area (Å²) in [6, 6.07) is 6.84. The molecule has 0 spiro atoms. The number of anilines is 2. The molecule has 0 saturated carbocycles. The van der Waals surface area contributed by atoms with Crippen LogP contribution in [0.25, 0.3) is 0 Å². The molecule has 4 heteroatoms. The van der Waals surface area contributed by atoms with Crippen molar-refractivity contribution in [2.45, 2.75) is 32.2 Å². The van der Waals surface area contributed by atoms with E-state index in [2.05, 4.69) is 33.7 Å². The first-order valence-electron chi connectivity index (χ1n) is 7.12. The second kappa shape index (κ2) is 5.11. The highest BCUT2D eigenvalue weighted by Crippen LogP contribution is 2.34. The van der Waals surface area contributed by atoms with E-state index < -0.39 is 0 Å². The summed E-state index contributed by atoms with van der Waals surface area (Å²) in [6.07, 6.45) is 3.41. The Morgan fingerprint density at radius 1 is 1.47 bits per heavy atom. The molecule has 4 nitrogen and oxygen atoms in total. The summed E-state index contributed by atoms with van der Waals surface area (Å²) in [5.41, 5.74) is 4.02. The van der Waals surface area contributed by atoms with Crippen molar-refractivity contribution >= 4 is 17.3 Å². The molecule has 2 aliphatic heterocycles. The van der Waals surface area contributed by atoms with Gasteiger partial charge in [0.05, 0.1) is 11.4 Å². The van der Waals surface area contributed by atoms with Crippen LogP contribution in [-0.2, 0) is 11.2 Å². The number of carbonyl (C=O) groups excluding carboxylic acids is 1. The predicted octanol–water partition coefficient (Wildman–Crippen LogP) is 1.76. The first kappa shape index (κ1) is 12.3. The molecule has 0 aromatic heterocycles. The van der Waals surface area contributed by atoms with Crippen LogP contribution in [0, 0.1) is 0 Å². The Kier molecular flexibility index (Phi) is 3.32. The molecule has 0 radical (unpaired) electrons. The van der Waals surface area contributed by atoms with E-state index >= 15 is 0 Å². The smallest absolute Gasteiger partial charge is 0.217 e. The van der Waals surface area contributed by atoms with Crippen molar-refractivity contribution in [3.8, 4) is 0 Å². The lowest BCUT2D eigenvalue weighted by Gasteiger charge is -2.27. The van der Waals surface area contributed by atoms with Crippen LogP contribution >= 0.6 is 0 Å². The van der Waals surface area contributed by atoms with E-state index in [0.29, 0.717) is 0 Å². The van der Waals surface area contributed by atoms with Gasteiger partial charge in [0.25, 0.3) is 0 Å². The number of aryl methyl sites for hydroxylation is 1. The van der Waals surface area contributed by atoms with Crippen molar-refractivity contribution in [2.75, 3.05) is 29.9 Å². The second-order valence-electron chi connectivity index (χ2n) is 5.47. The number of benzene rings is 1. The average Bonchev–Trinajstić information content (AvgIpc) is 2.85. The molecule has 1 fully saturated rings. The van der Waals surface area contributed by atoms with Crippen molar-refractivity contribution < 1.29 is 4.79 Å². The third-order valence-corrected chi connectivity index (χ3v) is 3.99. The Labute approximate surface area is 114 Å². The zero-order valence-electron chi connectivity index (χ0n) is 11.4. The Bertz CT molecular complexity index is 486. The number of hydrogen-bond donors (Lipinski definition) is 2. The van der Waals surface area contributed by atoms with Gasteiger partial charge in [-0.2, -0.15) is 0 Å². The summed E-state index contributed by atoms with van der Waals surface area (Å²) in [7, 11) is 0. The Balaban J connectivity index is 1.78. The minimum atomic E-state index is 0.0695. The molecule has 102 valence electrons. The zero-order chi connectivity index (χ0) is 13.2. The van der Waals surface area contributed by atoms with E-state index in [1.165, 1.54) is 29.8 Å². The Morgan fingerprint density at radius 3 is 3.21 bits per heavy atom. The number of nitrogens with zero attached hydrogens (tertiary/aromatic N) is 1. The number of fused-ring (bicyclic) bond motifs is 1. The lowest BCUT2D eigenvalue weighted by molar-refractivity contribution is -0.119. The highest BCUT2D eigenvalue weighted by atomic mass is 16.1.